The lowest BCUT2D eigenvalue weighted by molar-refractivity contribution is -0.136. The van der Waals surface area contributed by atoms with E-state index in [9.17, 15) is 4.79 Å². The Hall–Kier alpha value is 0.852. The van der Waals surface area contributed by atoms with Gasteiger partial charge < -0.3 is 9.80 Å². The summed E-state index contributed by atoms with van der Waals surface area (Å²) in [6, 6.07) is 0. The number of hydrogen-bond donors (Lipinski definition) is 0. The van der Waals surface area contributed by atoms with Crippen LogP contribution in [0.5, 0.6) is 0 Å². The first-order valence-corrected chi connectivity index (χ1v) is 11.9. The Labute approximate surface area is 109 Å². The van der Waals surface area contributed by atoms with Gasteiger partial charge in [-0.1, -0.05) is 6.92 Å². The summed E-state index contributed by atoms with van der Waals surface area (Å²) in [6.45, 7) is 7.36. The van der Waals surface area contributed by atoms with Crippen LogP contribution in [-0.4, -0.2) is 65.7 Å². The van der Waals surface area contributed by atoms with E-state index in [0.717, 1.165) is 32.7 Å². The SMILES string of the molecule is CCN1CC2CN([CH2][AlH][I])CC(C1)C2=O. The van der Waals surface area contributed by atoms with E-state index < -0.39 is 0 Å². The van der Waals surface area contributed by atoms with Crippen LogP contribution in [0.3, 0.4) is 0 Å². The van der Waals surface area contributed by atoms with Crippen molar-refractivity contribution in [2.24, 2.45) is 11.8 Å². The van der Waals surface area contributed by atoms with Crippen LogP contribution in [0, 0.1) is 11.8 Å². The third-order valence-corrected chi connectivity index (χ3v) is 5.82. The molecular weight excluding hydrogens is 318 g/mol. The Bertz CT molecular complexity index is 234. The third-order valence-electron chi connectivity index (χ3n) is 3.57. The minimum absolute atomic E-state index is 0.0761. The van der Waals surface area contributed by atoms with Crippen molar-refractivity contribution in [3.8, 4) is 0 Å². The fraction of sp³-hybridized carbons (Fsp3) is 0.900. The molecule has 2 fully saturated rings. The number of hydrogen-bond acceptors (Lipinski definition) is 3. The van der Waals surface area contributed by atoms with E-state index in [4.69, 9.17) is 0 Å². The minimum Gasteiger partial charge on any atom is -0.314 e. The van der Waals surface area contributed by atoms with Gasteiger partial charge in [-0.05, 0) is 12.0 Å². The van der Waals surface area contributed by atoms with Crippen LogP contribution in [0.25, 0.3) is 0 Å². The number of nitrogens with zero attached hydrogens (tertiary/aromatic N) is 2. The van der Waals surface area contributed by atoms with Crippen molar-refractivity contribution < 1.29 is 4.79 Å². The summed E-state index contributed by atoms with van der Waals surface area (Å²) in [7, 11) is 0. The molecule has 2 unspecified atom stereocenters. The van der Waals surface area contributed by atoms with E-state index in [-0.39, 0.29) is 11.9 Å². The second kappa shape index (κ2) is 5.46. The van der Waals surface area contributed by atoms with Crippen molar-refractivity contribution in [3.63, 3.8) is 0 Å². The average Bonchev–Trinajstić information content (AvgIpc) is 2.20. The Kier molecular flexibility index (Phi) is 4.48. The molecule has 0 N–H and O–H groups in total. The molecule has 2 bridgehead atoms. The van der Waals surface area contributed by atoms with Gasteiger partial charge in [0.1, 0.15) is 5.78 Å². The Morgan fingerprint density at radius 1 is 1.27 bits per heavy atom. The molecule has 0 saturated carbocycles. The zero-order valence-electron chi connectivity index (χ0n) is 9.29. The second-order valence-electron chi connectivity index (χ2n) is 4.60. The Morgan fingerprint density at radius 3 is 2.27 bits per heavy atom. The van der Waals surface area contributed by atoms with E-state index in [1.807, 2.05) is 0 Å². The summed E-state index contributed by atoms with van der Waals surface area (Å²) in [6.07, 6.45) is 0. The molecule has 0 aliphatic carbocycles. The van der Waals surface area contributed by atoms with Gasteiger partial charge in [-0.25, -0.2) is 20.3 Å². The highest BCUT2D eigenvalue weighted by Gasteiger charge is 2.40. The van der Waals surface area contributed by atoms with Gasteiger partial charge in [0.15, 0.2) is 0 Å². The normalized spacial score (nSPS) is 33.1. The van der Waals surface area contributed by atoms with Crippen molar-refractivity contribution in [2.75, 3.05) is 38.1 Å². The first kappa shape index (κ1) is 12.3. The summed E-state index contributed by atoms with van der Waals surface area (Å²) in [5.41, 5.74) is 0. The molecule has 2 saturated heterocycles. The van der Waals surface area contributed by atoms with Crippen molar-refractivity contribution in [1.82, 2.24) is 9.80 Å². The molecule has 2 aliphatic rings. The van der Waals surface area contributed by atoms with Gasteiger partial charge in [0.25, 0.3) is 0 Å². The van der Waals surface area contributed by atoms with Crippen LogP contribution in [0.2, 0.25) is 0 Å². The van der Waals surface area contributed by atoms with Crippen molar-refractivity contribution in [1.29, 1.82) is 0 Å². The van der Waals surface area contributed by atoms with E-state index in [2.05, 4.69) is 37.0 Å². The Morgan fingerprint density at radius 2 is 1.80 bits per heavy atom. The zero-order valence-corrected chi connectivity index (χ0v) is 12.9. The molecule has 0 radical (unpaired) electrons. The number of fused-ring (bicyclic) bond motifs is 2. The Balaban J connectivity index is 2.00. The van der Waals surface area contributed by atoms with Crippen molar-refractivity contribution in [2.45, 2.75) is 6.92 Å². The number of rotatable bonds is 3. The standard InChI is InChI=1S/C10H17N2O.Al.HI.H/c1-3-12-6-8-4-11(2)5-9(7-12)10(8)13;;;/h8-9H,2-7H2,1H3;;1H;/q;+1;;/p-1. The molecule has 5 heteroatoms. The molecule has 2 heterocycles. The summed E-state index contributed by atoms with van der Waals surface area (Å²) in [4.78, 5) is 16.9. The smallest absolute Gasteiger partial charge is 0.314 e. The predicted molar refractivity (Wildman–Crippen MR) is 71.7 cm³/mol. The van der Waals surface area contributed by atoms with E-state index in [0.29, 0.717) is 17.6 Å². The molecule has 2 atom stereocenters. The molecule has 0 aromatic heterocycles. The van der Waals surface area contributed by atoms with Gasteiger partial charge in [-0.2, -0.15) is 0 Å². The quantitative estimate of drug-likeness (QED) is 0.543. The van der Waals surface area contributed by atoms with Crippen molar-refractivity contribution in [3.05, 3.63) is 0 Å². The van der Waals surface area contributed by atoms with Crippen molar-refractivity contribution >= 4 is 38.0 Å². The van der Waals surface area contributed by atoms with Crippen LogP contribution in [-0.2, 0) is 4.79 Å². The maximum atomic E-state index is 12.0. The molecule has 0 aromatic rings. The molecule has 15 heavy (non-hydrogen) atoms. The zero-order chi connectivity index (χ0) is 10.8. The number of halogens is 1. The predicted octanol–water partition coefficient (Wildman–Crippen LogP) is 0.183. The third kappa shape index (κ3) is 2.75. The number of Topliss-reactive ketones (excluding diaryl/α,β-unsaturated/α-hetero) is 1. The number of carbonyl (C=O) groups excluding carboxylic acids is 1. The molecule has 0 spiro atoms. The van der Waals surface area contributed by atoms with Gasteiger partial charge in [-0.3, -0.25) is 4.79 Å². The maximum absolute atomic E-state index is 12.0. The van der Waals surface area contributed by atoms with E-state index in [1.54, 1.807) is 0 Å². The minimum atomic E-state index is 0.0761. The lowest BCUT2D eigenvalue weighted by Gasteiger charge is -2.44. The first-order chi connectivity index (χ1) is 7.24. The van der Waals surface area contributed by atoms with Crippen LogP contribution < -0.4 is 0 Å². The number of likely N-dealkylation sites (tertiary alicyclic amines) is 2. The highest BCUT2D eigenvalue weighted by atomic mass is 127. The highest BCUT2D eigenvalue weighted by Crippen LogP contribution is 2.25. The van der Waals surface area contributed by atoms with Crippen LogP contribution >= 0.6 is 20.3 Å². The lowest BCUT2D eigenvalue weighted by atomic mass is 9.83. The summed E-state index contributed by atoms with van der Waals surface area (Å²) in [5, 5.41) is 1.28. The van der Waals surface area contributed by atoms with E-state index in [1.165, 1.54) is 5.41 Å². The van der Waals surface area contributed by atoms with Crippen LogP contribution in [0.1, 0.15) is 6.92 Å². The summed E-state index contributed by atoms with van der Waals surface area (Å²) in [5.74, 6) is 1.18. The van der Waals surface area contributed by atoms with Gasteiger partial charge in [0.05, 0.1) is 0 Å². The maximum Gasteiger partial charge on any atom is 0.352 e. The van der Waals surface area contributed by atoms with Gasteiger partial charge in [0.2, 0.25) is 0 Å². The average molecular weight is 336 g/mol. The summed E-state index contributed by atoms with van der Waals surface area (Å²) < 4.78 is 0. The summed E-state index contributed by atoms with van der Waals surface area (Å²) >= 11 is 2.63. The monoisotopic (exact) mass is 336 g/mol. The van der Waals surface area contributed by atoms with Gasteiger partial charge in [0, 0.05) is 38.0 Å². The molecule has 2 rings (SSSR count). The number of ketones is 1. The first-order valence-electron chi connectivity index (χ1n) is 5.79. The molecule has 0 amide bonds. The molecule has 3 nitrogen and oxygen atoms in total. The van der Waals surface area contributed by atoms with Crippen LogP contribution in [0.4, 0.5) is 0 Å². The fourth-order valence-electron chi connectivity index (χ4n) is 2.76. The molecular formula is C10H18AlIN2O. The van der Waals surface area contributed by atoms with Crippen LogP contribution in [0.15, 0.2) is 0 Å². The molecule has 84 valence electrons. The lowest BCUT2D eigenvalue weighted by Crippen LogP contribution is -2.58. The van der Waals surface area contributed by atoms with Gasteiger partial charge >= 0.3 is 11.9 Å². The number of carbonyl (C=O) groups is 1. The largest absolute Gasteiger partial charge is 0.352 e. The topological polar surface area (TPSA) is 23.6 Å². The van der Waals surface area contributed by atoms with E-state index >= 15 is 0 Å². The fourth-order valence-corrected chi connectivity index (χ4v) is 5.42. The molecule has 2 aliphatic heterocycles. The highest BCUT2D eigenvalue weighted by molar-refractivity contribution is 14.1. The van der Waals surface area contributed by atoms with Gasteiger partial charge in [-0.15, -0.1) is 0 Å². The second-order valence-corrected chi connectivity index (χ2v) is 8.66. The number of piperidine rings is 2. The molecule has 0 aromatic carbocycles.